The SMILES string of the molecule is CCn1c(C=O)nc2c1CN(C1CO[C@H](c3cc(F)ccc3F)C(N)C1)C2.CNC1CC1. The summed E-state index contributed by atoms with van der Waals surface area (Å²) in [5.74, 6) is -0.556. The fourth-order valence-corrected chi connectivity index (χ4v) is 4.53. The average molecular weight is 448 g/mol. The van der Waals surface area contributed by atoms with E-state index in [2.05, 4.69) is 15.2 Å². The van der Waals surface area contributed by atoms with Crippen LogP contribution in [-0.4, -0.2) is 52.5 Å². The van der Waals surface area contributed by atoms with E-state index in [1.807, 2.05) is 18.5 Å². The molecule has 2 aliphatic heterocycles. The molecule has 7 nitrogen and oxygen atoms in total. The lowest BCUT2D eigenvalue weighted by atomic mass is 9.93. The van der Waals surface area contributed by atoms with E-state index in [0.29, 0.717) is 38.5 Å². The maximum Gasteiger partial charge on any atom is 0.185 e. The Morgan fingerprint density at radius 3 is 2.69 bits per heavy atom. The van der Waals surface area contributed by atoms with Gasteiger partial charge in [-0.15, -0.1) is 0 Å². The first kappa shape index (κ1) is 23.0. The lowest BCUT2D eigenvalue weighted by Crippen LogP contribution is -2.47. The van der Waals surface area contributed by atoms with Crippen molar-refractivity contribution >= 4 is 6.29 Å². The van der Waals surface area contributed by atoms with Gasteiger partial charge in [0.25, 0.3) is 0 Å². The Balaban J connectivity index is 0.000000433. The second-order valence-corrected chi connectivity index (χ2v) is 8.67. The third-order valence-corrected chi connectivity index (χ3v) is 6.48. The highest BCUT2D eigenvalue weighted by atomic mass is 19.1. The number of carbonyl (C=O) groups is 1. The first-order valence-corrected chi connectivity index (χ1v) is 11.2. The number of aldehydes is 1. The first-order chi connectivity index (χ1) is 15.4. The van der Waals surface area contributed by atoms with Crippen LogP contribution in [0.25, 0.3) is 0 Å². The van der Waals surface area contributed by atoms with Crippen LogP contribution < -0.4 is 11.1 Å². The number of benzene rings is 1. The average Bonchev–Trinajstić information content (AvgIpc) is 3.46. The van der Waals surface area contributed by atoms with Gasteiger partial charge in [-0.25, -0.2) is 13.8 Å². The Hall–Kier alpha value is -2.20. The zero-order chi connectivity index (χ0) is 22.8. The molecule has 1 aromatic heterocycles. The molecule has 1 aromatic carbocycles. The Morgan fingerprint density at radius 2 is 2.09 bits per heavy atom. The van der Waals surface area contributed by atoms with Crippen molar-refractivity contribution in [3.63, 3.8) is 0 Å². The largest absolute Gasteiger partial charge is 0.370 e. The van der Waals surface area contributed by atoms with Gasteiger partial charge in [-0.1, -0.05) is 0 Å². The summed E-state index contributed by atoms with van der Waals surface area (Å²) in [5, 5.41) is 3.14. The molecule has 174 valence electrons. The molecule has 2 unspecified atom stereocenters. The summed E-state index contributed by atoms with van der Waals surface area (Å²) in [6.45, 7) is 4.35. The van der Waals surface area contributed by atoms with Crippen LogP contribution >= 0.6 is 0 Å². The summed E-state index contributed by atoms with van der Waals surface area (Å²) < 4.78 is 35.3. The minimum absolute atomic E-state index is 0.0621. The minimum Gasteiger partial charge on any atom is -0.370 e. The number of nitrogens with two attached hydrogens (primary N) is 1. The number of halogens is 2. The molecular formula is C23H31F2N5O2. The number of rotatable bonds is 5. The second kappa shape index (κ2) is 9.74. The van der Waals surface area contributed by atoms with Crippen molar-refractivity contribution in [2.75, 3.05) is 13.7 Å². The highest BCUT2D eigenvalue weighted by Gasteiger charge is 2.37. The van der Waals surface area contributed by atoms with Crippen molar-refractivity contribution in [3.05, 3.63) is 52.6 Å². The molecule has 0 radical (unpaired) electrons. The predicted octanol–water partition coefficient (Wildman–Crippen LogP) is 2.54. The lowest BCUT2D eigenvalue weighted by Gasteiger charge is -2.38. The van der Waals surface area contributed by atoms with Crippen LogP contribution in [0.4, 0.5) is 8.78 Å². The smallest absolute Gasteiger partial charge is 0.185 e. The van der Waals surface area contributed by atoms with Crippen LogP contribution in [0.2, 0.25) is 0 Å². The molecule has 3 atom stereocenters. The number of nitrogens with zero attached hydrogens (tertiary/aromatic N) is 3. The summed E-state index contributed by atoms with van der Waals surface area (Å²) in [6, 6.07) is 3.85. The standard InChI is InChI=1S/C19H22F2N4O2.C4H9N/c1-2-25-17-8-24(7-16(17)23-18(25)9-26)12-6-15(22)19(27-10-12)13-5-11(20)3-4-14(13)21;1-5-4-2-3-4/h3-5,9,12,15,19H,2,6-8,10,22H2,1H3;4-5H,2-3H2,1H3/t12?,15?,19-;/m1./s1. The minimum atomic E-state index is -0.661. The van der Waals surface area contributed by atoms with Crippen molar-refractivity contribution in [1.82, 2.24) is 19.8 Å². The summed E-state index contributed by atoms with van der Waals surface area (Å²) in [5.41, 5.74) is 8.38. The van der Waals surface area contributed by atoms with Crippen molar-refractivity contribution < 1.29 is 18.3 Å². The second-order valence-electron chi connectivity index (χ2n) is 8.67. The molecule has 3 N–H and O–H groups in total. The number of hydrogen-bond acceptors (Lipinski definition) is 6. The van der Waals surface area contributed by atoms with Gasteiger partial charge < -0.3 is 20.4 Å². The number of nitrogens with one attached hydrogen (secondary N) is 1. The Bertz CT molecular complexity index is 962. The molecule has 0 spiro atoms. The number of aromatic nitrogens is 2. The van der Waals surface area contributed by atoms with Crippen LogP contribution in [0, 0.1) is 11.6 Å². The molecule has 9 heteroatoms. The van der Waals surface area contributed by atoms with Crippen molar-refractivity contribution in [1.29, 1.82) is 0 Å². The normalized spacial score (nSPS) is 25.2. The van der Waals surface area contributed by atoms with E-state index in [0.717, 1.165) is 41.9 Å². The number of ether oxygens (including phenoxy) is 1. The zero-order valence-electron chi connectivity index (χ0n) is 18.6. The van der Waals surface area contributed by atoms with Gasteiger partial charge >= 0.3 is 0 Å². The molecular weight excluding hydrogens is 416 g/mol. The maximum absolute atomic E-state index is 14.1. The summed E-state index contributed by atoms with van der Waals surface area (Å²) in [4.78, 5) is 17.8. The van der Waals surface area contributed by atoms with Crippen LogP contribution in [0.1, 0.15) is 59.9 Å². The van der Waals surface area contributed by atoms with Crippen LogP contribution in [0.3, 0.4) is 0 Å². The first-order valence-electron chi connectivity index (χ1n) is 11.2. The van der Waals surface area contributed by atoms with E-state index >= 15 is 0 Å². The van der Waals surface area contributed by atoms with Gasteiger partial charge in [0.2, 0.25) is 0 Å². The summed E-state index contributed by atoms with van der Waals surface area (Å²) >= 11 is 0. The molecule has 1 saturated carbocycles. The van der Waals surface area contributed by atoms with Crippen LogP contribution in [0.5, 0.6) is 0 Å². The number of fused-ring (bicyclic) bond motifs is 1. The molecule has 2 aromatic rings. The number of imidazole rings is 1. The van der Waals surface area contributed by atoms with Gasteiger partial charge in [-0.3, -0.25) is 9.69 Å². The van der Waals surface area contributed by atoms with E-state index < -0.39 is 23.8 Å². The van der Waals surface area contributed by atoms with Gasteiger partial charge in [0.15, 0.2) is 12.1 Å². The van der Waals surface area contributed by atoms with Gasteiger partial charge in [0.1, 0.15) is 17.7 Å². The van der Waals surface area contributed by atoms with Gasteiger partial charge in [-0.05, 0) is 51.4 Å². The molecule has 3 heterocycles. The fourth-order valence-electron chi connectivity index (χ4n) is 4.53. The molecule has 1 saturated heterocycles. The molecule has 0 bridgehead atoms. The Morgan fingerprint density at radius 1 is 1.31 bits per heavy atom. The molecule has 3 aliphatic rings. The highest BCUT2D eigenvalue weighted by Crippen LogP contribution is 2.34. The molecule has 1 aliphatic carbocycles. The molecule has 32 heavy (non-hydrogen) atoms. The van der Waals surface area contributed by atoms with E-state index in [1.54, 1.807) is 0 Å². The quantitative estimate of drug-likeness (QED) is 0.686. The van der Waals surface area contributed by atoms with Crippen molar-refractivity contribution in [2.24, 2.45) is 5.73 Å². The summed E-state index contributed by atoms with van der Waals surface area (Å²) in [7, 11) is 2.01. The fraction of sp³-hybridized carbons (Fsp3) is 0.565. The molecule has 5 rings (SSSR count). The van der Waals surface area contributed by atoms with Gasteiger partial charge in [-0.2, -0.15) is 0 Å². The highest BCUT2D eigenvalue weighted by molar-refractivity contribution is 5.70. The zero-order valence-corrected chi connectivity index (χ0v) is 18.6. The Labute approximate surface area is 186 Å². The van der Waals surface area contributed by atoms with Crippen molar-refractivity contribution in [3.8, 4) is 0 Å². The monoisotopic (exact) mass is 447 g/mol. The van der Waals surface area contributed by atoms with Crippen LogP contribution in [-0.2, 0) is 24.4 Å². The van der Waals surface area contributed by atoms with E-state index in [9.17, 15) is 13.6 Å². The summed E-state index contributed by atoms with van der Waals surface area (Å²) in [6.07, 6.45) is 3.53. The maximum atomic E-state index is 14.1. The van der Waals surface area contributed by atoms with Gasteiger partial charge in [0.05, 0.1) is 18.0 Å². The van der Waals surface area contributed by atoms with Crippen LogP contribution in [0.15, 0.2) is 18.2 Å². The van der Waals surface area contributed by atoms with Crippen molar-refractivity contribution in [2.45, 2.75) is 70.0 Å². The third-order valence-electron chi connectivity index (χ3n) is 6.48. The number of carbonyl (C=O) groups excluding carboxylic acids is 1. The third kappa shape index (κ3) is 4.76. The topological polar surface area (TPSA) is 85.4 Å². The molecule has 0 amide bonds. The number of hydrogen-bond donors (Lipinski definition) is 2. The lowest BCUT2D eigenvalue weighted by molar-refractivity contribution is -0.0535. The van der Waals surface area contributed by atoms with E-state index in [4.69, 9.17) is 10.5 Å². The molecule has 2 fully saturated rings. The van der Waals surface area contributed by atoms with E-state index in [1.165, 1.54) is 12.8 Å². The van der Waals surface area contributed by atoms with Gasteiger partial charge in [0, 0.05) is 43.3 Å². The predicted molar refractivity (Wildman–Crippen MR) is 116 cm³/mol. The Kier molecular flexibility index (Phi) is 6.99. The van der Waals surface area contributed by atoms with E-state index in [-0.39, 0.29) is 11.6 Å².